The molecule has 1 saturated carbocycles. The average molecular weight is 361 g/mol. The first kappa shape index (κ1) is 19.2. The van der Waals surface area contributed by atoms with Crippen LogP contribution in [-0.2, 0) is 19.5 Å². The van der Waals surface area contributed by atoms with Gasteiger partial charge in [-0.05, 0) is 38.5 Å². The van der Waals surface area contributed by atoms with Crippen LogP contribution >= 0.6 is 0 Å². The minimum Gasteiger partial charge on any atom is -0.357 e. The van der Waals surface area contributed by atoms with Crippen molar-refractivity contribution >= 4 is 5.96 Å². The van der Waals surface area contributed by atoms with Crippen molar-refractivity contribution in [1.29, 1.82) is 0 Å². The second kappa shape index (κ2) is 10.5. The SMILES string of the molecule is CCNC(=NCc1nnc2n1CCCCC2)NCCCC1CCCCC1. The maximum atomic E-state index is 4.75. The zero-order chi connectivity index (χ0) is 18.0. The number of hydrogen-bond acceptors (Lipinski definition) is 3. The molecule has 6 nitrogen and oxygen atoms in total. The molecule has 0 bridgehead atoms. The van der Waals surface area contributed by atoms with Crippen molar-refractivity contribution in [2.45, 2.75) is 90.6 Å². The van der Waals surface area contributed by atoms with Gasteiger partial charge >= 0.3 is 0 Å². The van der Waals surface area contributed by atoms with Crippen LogP contribution in [0.15, 0.2) is 4.99 Å². The second-order valence-electron chi connectivity index (χ2n) is 7.76. The molecule has 3 rings (SSSR count). The van der Waals surface area contributed by atoms with Crippen molar-refractivity contribution < 1.29 is 0 Å². The third-order valence-corrected chi connectivity index (χ3v) is 5.72. The topological polar surface area (TPSA) is 67.1 Å². The van der Waals surface area contributed by atoms with Crippen LogP contribution in [0.25, 0.3) is 0 Å². The molecule has 0 spiro atoms. The van der Waals surface area contributed by atoms with Crippen molar-refractivity contribution in [2.24, 2.45) is 10.9 Å². The van der Waals surface area contributed by atoms with Crippen LogP contribution in [0, 0.1) is 5.92 Å². The molecule has 0 saturated heterocycles. The Hall–Kier alpha value is -1.59. The van der Waals surface area contributed by atoms with Crippen LogP contribution < -0.4 is 10.6 Å². The highest BCUT2D eigenvalue weighted by Gasteiger charge is 2.15. The third kappa shape index (κ3) is 5.71. The number of aliphatic imine (C=N–C) groups is 1. The minimum absolute atomic E-state index is 0.602. The van der Waals surface area contributed by atoms with E-state index in [1.807, 2.05) is 0 Å². The van der Waals surface area contributed by atoms with Crippen molar-refractivity contribution in [3.63, 3.8) is 0 Å². The molecule has 26 heavy (non-hydrogen) atoms. The number of hydrogen-bond donors (Lipinski definition) is 2. The van der Waals surface area contributed by atoms with Crippen molar-refractivity contribution in [2.75, 3.05) is 13.1 Å². The normalized spacial score (nSPS) is 19.0. The fourth-order valence-electron chi connectivity index (χ4n) is 4.23. The van der Waals surface area contributed by atoms with Crippen LogP contribution in [0.1, 0.15) is 82.8 Å². The summed E-state index contributed by atoms with van der Waals surface area (Å²) in [7, 11) is 0. The lowest BCUT2D eigenvalue weighted by molar-refractivity contribution is 0.332. The zero-order valence-electron chi connectivity index (χ0n) is 16.5. The molecule has 6 heteroatoms. The number of rotatable bonds is 7. The first-order chi connectivity index (χ1) is 12.9. The number of nitrogens with zero attached hydrogens (tertiary/aromatic N) is 4. The van der Waals surface area contributed by atoms with Crippen LogP contribution in [0.5, 0.6) is 0 Å². The molecular formula is C20H36N6. The summed E-state index contributed by atoms with van der Waals surface area (Å²) in [5.41, 5.74) is 0. The summed E-state index contributed by atoms with van der Waals surface area (Å²) in [4.78, 5) is 4.75. The Morgan fingerprint density at radius 2 is 1.92 bits per heavy atom. The number of aryl methyl sites for hydroxylation is 1. The van der Waals surface area contributed by atoms with E-state index in [-0.39, 0.29) is 0 Å². The number of guanidine groups is 1. The monoisotopic (exact) mass is 360 g/mol. The molecule has 1 fully saturated rings. The van der Waals surface area contributed by atoms with Gasteiger partial charge in [-0.3, -0.25) is 0 Å². The van der Waals surface area contributed by atoms with E-state index in [2.05, 4.69) is 32.3 Å². The summed E-state index contributed by atoms with van der Waals surface area (Å²) in [6, 6.07) is 0. The quantitative estimate of drug-likeness (QED) is 0.444. The van der Waals surface area contributed by atoms with Gasteiger partial charge in [0.15, 0.2) is 11.8 Å². The van der Waals surface area contributed by atoms with Gasteiger partial charge in [-0.15, -0.1) is 10.2 Å². The smallest absolute Gasteiger partial charge is 0.191 e. The zero-order valence-corrected chi connectivity index (χ0v) is 16.5. The van der Waals surface area contributed by atoms with Gasteiger partial charge in [0, 0.05) is 26.1 Å². The molecule has 146 valence electrons. The fourth-order valence-corrected chi connectivity index (χ4v) is 4.23. The van der Waals surface area contributed by atoms with Gasteiger partial charge < -0.3 is 15.2 Å². The van der Waals surface area contributed by atoms with Crippen LogP contribution in [0.3, 0.4) is 0 Å². The molecule has 1 aromatic rings. The van der Waals surface area contributed by atoms with Crippen LogP contribution in [0.4, 0.5) is 0 Å². The van der Waals surface area contributed by atoms with Gasteiger partial charge in [0.25, 0.3) is 0 Å². The van der Waals surface area contributed by atoms with Gasteiger partial charge in [-0.2, -0.15) is 0 Å². The van der Waals surface area contributed by atoms with Crippen molar-refractivity contribution in [3.8, 4) is 0 Å². The van der Waals surface area contributed by atoms with Gasteiger partial charge in [0.05, 0.1) is 0 Å². The van der Waals surface area contributed by atoms with Gasteiger partial charge in [0.2, 0.25) is 0 Å². The molecule has 2 N–H and O–H groups in total. The standard InChI is InChI=1S/C20H36N6/c1-2-21-20(22-14-9-12-17-10-5-3-6-11-17)23-16-19-25-24-18-13-7-4-8-15-26(18)19/h17H,2-16H2,1H3,(H2,21,22,23). The van der Waals surface area contributed by atoms with E-state index in [0.717, 1.165) is 49.6 Å². The molecule has 1 aromatic heterocycles. The van der Waals surface area contributed by atoms with Crippen LogP contribution in [0.2, 0.25) is 0 Å². The summed E-state index contributed by atoms with van der Waals surface area (Å²) in [6.45, 7) is 5.64. The molecule has 0 amide bonds. The maximum absolute atomic E-state index is 4.75. The molecule has 0 aromatic carbocycles. The summed E-state index contributed by atoms with van der Waals surface area (Å²) < 4.78 is 2.28. The first-order valence-electron chi connectivity index (χ1n) is 10.8. The highest BCUT2D eigenvalue weighted by molar-refractivity contribution is 5.79. The number of aromatic nitrogens is 3. The lowest BCUT2D eigenvalue weighted by Gasteiger charge is -2.21. The molecular weight excluding hydrogens is 324 g/mol. The lowest BCUT2D eigenvalue weighted by atomic mass is 9.86. The van der Waals surface area contributed by atoms with E-state index in [1.165, 1.54) is 64.2 Å². The molecule has 0 radical (unpaired) electrons. The molecule has 0 atom stereocenters. The fraction of sp³-hybridized carbons (Fsp3) is 0.850. The molecule has 2 aliphatic rings. The van der Waals surface area contributed by atoms with Gasteiger partial charge in [-0.1, -0.05) is 38.5 Å². The average Bonchev–Trinajstić information content (AvgIpc) is 2.90. The maximum Gasteiger partial charge on any atom is 0.191 e. The Labute approximate surface area is 158 Å². The van der Waals surface area contributed by atoms with Crippen LogP contribution in [-0.4, -0.2) is 33.8 Å². The summed E-state index contributed by atoms with van der Waals surface area (Å²) >= 11 is 0. The molecule has 1 aliphatic carbocycles. The van der Waals surface area contributed by atoms with E-state index < -0.39 is 0 Å². The summed E-state index contributed by atoms with van der Waals surface area (Å²) in [5.74, 6) is 4.00. The molecule has 0 unspecified atom stereocenters. The Morgan fingerprint density at radius 3 is 2.77 bits per heavy atom. The van der Waals surface area contributed by atoms with E-state index in [9.17, 15) is 0 Å². The van der Waals surface area contributed by atoms with E-state index in [1.54, 1.807) is 0 Å². The minimum atomic E-state index is 0.602. The Bertz CT molecular complexity index is 559. The Balaban J connectivity index is 1.46. The number of nitrogens with one attached hydrogen (secondary N) is 2. The second-order valence-corrected chi connectivity index (χ2v) is 7.76. The predicted molar refractivity (Wildman–Crippen MR) is 106 cm³/mol. The predicted octanol–water partition coefficient (Wildman–Crippen LogP) is 3.42. The highest BCUT2D eigenvalue weighted by Crippen LogP contribution is 2.26. The molecule has 1 aliphatic heterocycles. The van der Waals surface area contributed by atoms with Crippen molar-refractivity contribution in [1.82, 2.24) is 25.4 Å². The lowest BCUT2D eigenvalue weighted by Crippen LogP contribution is -2.38. The van der Waals surface area contributed by atoms with Crippen molar-refractivity contribution in [3.05, 3.63) is 11.6 Å². The van der Waals surface area contributed by atoms with Gasteiger partial charge in [0.1, 0.15) is 12.4 Å². The van der Waals surface area contributed by atoms with E-state index >= 15 is 0 Å². The Morgan fingerprint density at radius 1 is 1.08 bits per heavy atom. The largest absolute Gasteiger partial charge is 0.357 e. The summed E-state index contributed by atoms with van der Waals surface area (Å²) in [6.07, 6.45) is 14.6. The molecule has 2 heterocycles. The summed E-state index contributed by atoms with van der Waals surface area (Å²) in [5, 5.41) is 15.6. The van der Waals surface area contributed by atoms with E-state index in [4.69, 9.17) is 4.99 Å². The van der Waals surface area contributed by atoms with E-state index in [0.29, 0.717) is 6.54 Å². The first-order valence-corrected chi connectivity index (χ1v) is 10.8. The highest BCUT2D eigenvalue weighted by atomic mass is 15.3. The van der Waals surface area contributed by atoms with Gasteiger partial charge in [-0.25, -0.2) is 4.99 Å². The third-order valence-electron chi connectivity index (χ3n) is 5.72. The Kier molecular flexibility index (Phi) is 7.77. The number of fused-ring (bicyclic) bond motifs is 1.